The number of fused-ring (bicyclic) bond motifs is 2. The number of piperazine rings is 1. The third-order valence-corrected chi connectivity index (χ3v) is 13.7. The number of aromatic nitrogens is 1. The van der Waals surface area contributed by atoms with Crippen LogP contribution in [-0.2, 0) is 36.8 Å². The summed E-state index contributed by atoms with van der Waals surface area (Å²) >= 11 is 0. The summed E-state index contributed by atoms with van der Waals surface area (Å²) in [4.78, 5) is 62.7. The molecular formula is C53H67F5N10O8. The third-order valence-electron chi connectivity index (χ3n) is 13.7. The molecule has 4 amide bonds. The normalized spacial score (nSPS) is 18.6. The summed E-state index contributed by atoms with van der Waals surface area (Å²) in [6.07, 6.45) is -3.01. The van der Waals surface area contributed by atoms with Gasteiger partial charge in [-0.2, -0.15) is 22.0 Å². The molecule has 4 heterocycles. The number of carbonyl (C=O) groups is 4. The number of nitrogens with one attached hydrogen (secondary N) is 6. The van der Waals surface area contributed by atoms with E-state index in [9.17, 15) is 46.2 Å². The Morgan fingerprint density at radius 3 is 1.93 bits per heavy atom. The molecule has 1 aromatic heterocycles. The molecule has 2 bridgehead atoms. The summed E-state index contributed by atoms with van der Waals surface area (Å²) in [6, 6.07) is 13.4. The van der Waals surface area contributed by atoms with Crippen LogP contribution < -0.4 is 31.6 Å². The highest BCUT2D eigenvalue weighted by atomic mass is 19.4. The van der Waals surface area contributed by atoms with Gasteiger partial charge in [-0.3, -0.25) is 19.9 Å². The molecule has 76 heavy (non-hydrogen) atoms. The number of aliphatic hydroxyl groups excluding tert-OH is 1. The van der Waals surface area contributed by atoms with Crippen molar-refractivity contribution in [1.29, 1.82) is 5.41 Å². The molecule has 6 atom stereocenters. The van der Waals surface area contributed by atoms with Crippen molar-refractivity contribution in [3.8, 4) is 11.8 Å². The lowest BCUT2D eigenvalue weighted by molar-refractivity contribution is -0.220. The number of benzene rings is 2. The van der Waals surface area contributed by atoms with Crippen LogP contribution in [0.5, 0.6) is 0 Å². The molecule has 3 aliphatic heterocycles. The number of hydrogen-bond donors (Lipinski definition) is 7. The minimum atomic E-state index is -5.02. The molecular weight excluding hydrogens is 1000 g/mol. The van der Waals surface area contributed by atoms with Gasteiger partial charge in [0.25, 0.3) is 5.91 Å². The summed E-state index contributed by atoms with van der Waals surface area (Å²) in [5.74, 6) is 5.08. The molecule has 23 heteroatoms. The summed E-state index contributed by atoms with van der Waals surface area (Å²) < 4.78 is 83.7. The average molecular weight is 1070 g/mol. The third kappa shape index (κ3) is 15.4. The van der Waals surface area contributed by atoms with Gasteiger partial charge in [0.1, 0.15) is 17.9 Å². The van der Waals surface area contributed by atoms with Crippen molar-refractivity contribution in [3.05, 3.63) is 107 Å². The second-order valence-electron chi connectivity index (χ2n) is 20.7. The van der Waals surface area contributed by atoms with Crippen molar-refractivity contribution >= 4 is 35.5 Å². The van der Waals surface area contributed by atoms with Gasteiger partial charge in [0.05, 0.1) is 56.7 Å². The fraction of sp³-hybridized carbons (Fsp3) is 0.509. The van der Waals surface area contributed by atoms with Gasteiger partial charge >= 0.3 is 24.9 Å². The summed E-state index contributed by atoms with van der Waals surface area (Å²) in [5.41, 5.74) is 1.48. The molecule has 3 saturated heterocycles. The number of halogens is 5. The Kier molecular flexibility index (Phi) is 19.4. The quantitative estimate of drug-likeness (QED) is 0.0254. The van der Waals surface area contributed by atoms with E-state index in [0.29, 0.717) is 45.9 Å². The van der Waals surface area contributed by atoms with Crippen LogP contribution in [0.1, 0.15) is 75.3 Å². The zero-order valence-electron chi connectivity index (χ0n) is 43.5. The Hall–Kier alpha value is -6.87. The molecule has 7 N–H and O–H groups in total. The number of pyridine rings is 1. The summed E-state index contributed by atoms with van der Waals surface area (Å²) in [7, 11) is 2.04. The monoisotopic (exact) mass is 1070 g/mol. The number of hydrogen-bond acceptors (Lipinski definition) is 14. The van der Waals surface area contributed by atoms with E-state index in [1.165, 1.54) is 17.1 Å². The van der Waals surface area contributed by atoms with E-state index in [-0.39, 0.29) is 18.7 Å². The molecule has 3 fully saturated rings. The van der Waals surface area contributed by atoms with Crippen LogP contribution in [0.2, 0.25) is 0 Å². The number of anilines is 1. The largest absolute Gasteiger partial charge is 0.453 e. The van der Waals surface area contributed by atoms with Gasteiger partial charge in [0.2, 0.25) is 5.91 Å². The second-order valence-corrected chi connectivity index (χ2v) is 20.7. The molecule has 6 rings (SSSR count). The number of alkyl halides is 5. The van der Waals surface area contributed by atoms with E-state index >= 15 is 0 Å². The average Bonchev–Trinajstić information content (AvgIpc) is 3.58. The number of rotatable bonds is 20. The highest BCUT2D eigenvalue weighted by Gasteiger charge is 2.56. The van der Waals surface area contributed by atoms with Gasteiger partial charge in [-0.15, -0.1) is 0 Å². The van der Waals surface area contributed by atoms with Crippen molar-refractivity contribution in [2.75, 3.05) is 52.0 Å². The lowest BCUT2D eigenvalue weighted by Gasteiger charge is -2.47. The number of allylic oxidation sites excluding steroid dienone is 1. The Bertz CT molecular complexity index is 2570. The van der Waals surface area contributed by atoms with Gasteiger partial charge in [0.15, 0.2) is 0 Å². The van der Waals surface area contributed by atoms with Crippen molar-refractivity contribution in [2.24, 2.45) is 10.8 Å². The molecule has 2 unspecified atom stereocenters. The van der Waals surface area contributed by atoms with E-state index in [1.54, 1.807) is 68.7 Å². The predicted molar refractivity (Wildman–Crippen MR) is 272 cm³/mol. The van der Waals surface area contributed by atoms with Gasteiger partial charge < -0.3 is 50.9 Å². The minimum Gasteiger partial charge on any atom is -0.453 e. The zero-order chi connectivity index (χ0) is 55.5. The molecule has 0 saturated carbocycles. The SMILES string of the molecule is COC(=O)N[C@H](C(=O)NN(Cc1ccc(C(=N)/C=C\NC(F)F)cc1)C[C@H](O)[C@H](Cc1ccc(C#Cc2ccc(N3CC4CCC(C3)N4C3COC3)nc2)cc1)NC(=O)[C@@H](NC(=O)OC)C(C)(C)C(F)(F)F)C(C)(C)C. The number of ether oxygens (including phenoxy) is 3. The predicted octanol–water partition coefficient (Wildman–Crippen LogP) is 5.23. The number of nitrogens with zero attached hydrogens (tertiary/aromatic N) is 4. The van der Waals surface area contributed by atoms with Crippen LogP contribution in [0.15, 0.2) is 79.1 Å². The van der Waals surface area contributed by atoms with Gasteiger partial charge in [-0.1, -0.05) is 69.0 Å². The fourth-order valence-corrected chi connectivity index (χ4v) is 9.23. The van der Waals surface area contributed by atoms with Crippen LogP contribution in [-0.4, -0.2) is 152 Å². The Morgan fingerprint density at radius 2 is 1.41 bits per heavy atom. The van der Waals surface area contributed by atoms with Crippen LogP contribution in [0.4, 0.5) is 37.4 Å². The number of hydrazine groups is 1. The van der Waals surface area contributed by atoms with Gasteiger partial charge in [-0.05, 0) is 85.6 Å². The Morgan fingerprint density at radius 1 is 0.829 bits per heavy atom. The molecule has 0 radical (unpaired) electrons. The van der Waals surface area contributed by atoms with E-state index in [1.807, 2.05) is 17.4 Å². The molecule has 0 aliphatic carbocycles. The highest BCUT2D eigenvalue weighted by molar-refractivity contribution is 6.06. The molecule has 3 aliphatic rings. The van der Waals surface area contributed by atoms with Crippen LogP contribution >= 0.6 is 0 Å². The fourth-order valence-electron chi connectivity index (χ4n) is 9.23. The number of amides is 4. The Labute approximate surface area is 438 Å². The summed E-state index contributed by atoms with van der Waals surface area (Å²) in [6.45, 7) is 6.39. The smallest absolute Gasteiger partial charge is 0.407 e. The van der Waals surface area contributed by atoms with Crippen LogP contribution in [0.25, 0.3) is 0 Å². The first-order chi connectivity index (χ1) is 35.9. The zero-order valence-corrected chi connectivity index (χ0v) is 43.5. The first-order valence-electron chi connectivity index (χ1n) is 24.7. The molecule has 18 nitrogen and oxygen atoms in total. The van der Waals surface area contributed by atoms with E-state index < -0.39 is 78.3 Å². The lowest BCUT2D eigenvalue weighted by atomic mass is 9.82. The van der Waals surface area contributed by atoms with E-state index in [2.05, 4.69) is 42.4 Å². The van der Waals surface area contributed by atoms with Crippen molar-refractivity contribution < 1.29 is 60.4 Å². The topological polar surface area (TPSA) is 223 Å². The number of alkyl carbamates (subject to hydrolysis) is 2. The molecule has 0 spiro atoms. The minimum absolute atomic E-state index is 0.108. The van der Waals surface area contributed by atoms with Gasteiger partial charge in [0, 0.05) is 61.8 Å². The highest BCUT2D eigenvalue weighted by Crippen LogP contribution is 2.41. The van der Waals surface area contributed by atoms with Crippen molar-refractivity contribution in [1.82, 2.24) is 41.6 Å². The van der Waals surface area contributed by atoms with E-state index in [0.717, 1.165) is 85.3 Å². The van der Waals surface area contributed by atoms with Crippen LogP contribution in [0, 0.1) is 28.1 Å². The maximum Gasteiger partial charge on any atom is 0.407 e. The molecule has 2 aromatic carbocycles. The van der Waals surface area contributed by atoms with E-state index in [4.69, 9.17) is 19.9 Å². The maximum absolute atomic E-state index is 14.6. The number of methoxy groups -OCH3 is 2. The summed E-state index contributed by atoms with van der Waals surface area (Å²) in [5, 5.41) is 30.5. The van der Waals surface area contributed by atoms with Crippen LogP contribution in [0.3, 0.4) is 0 Å². The second kappa shape index (κ2) is 25.3. The molecule has 3 aromatic rings. The first-order valence-corrected chi connectivity index (χ1v) is 24.7. The number of aliphatic hydroxyl groups is 1. The standard InChI is InChI=1S/C53H67F5N10O8/c1-51(2,3)44(63-49(72)74-6)47(71)65-67(26-35-14-17-36(18-15-35)40(59)22-23-60-48(54)55)29-42(69)41(62-46(70)45(64-50(73)75-7)52(4,5)53(56,57)58)24-33-11-8-32(9-12-33)10-13-34-16-21-43(61-25-34)66-27-37-19-20-38(28-66)68(37)39-30-76-31-39/h8-9,11-12,14-18,21-23,25,37-39,41-42,44-45,48,59-60,69H,19-20,24,26-31H2,1-7H3,(H,62,70)(H,63,72)(H,64,73)(H,65,71)/b23-22-,59-40?/t37?,38?,41-,42-,44+,45+/m0/s1. The molecule has 412 valence electrons. The van der Waals surface area contributed by atoms with Crippen molar-refractivity contribution in [2.45, 2.75) is 116 Å². The van der Waals surface area contributed by atoms with Crippen molar-refractivity contribution in [3.63, 3.8) is 0 Å². The number of carbonyl (C=O) groups excluding carboxylic acids is 4. The first kappa shape index (κ1) is 58.4. The Balaban J connectivity index is 1.25. The maximum atomic E-state index is 14.6. The van der Waals surface area contributed by atoms with Gasteiger partial charge in [-0.25, -0.2) is 19.6 Å². The lowest BCUT2D eigenvalue weighted by Crippen LogP contribution is -2.63.